The van der Waals surface area contributed by atoms with Crippen molar-refractivity contribution in [2.75, 3.05) is 20.1 Å². The standard InChI is InChI=1S/C17H27N3O3/c1-19(13-18)16(21)15(12-14-8-4-2-5-9-14)23-17(22)20-10-6-3-7-11-20/h14-15H,2-12H2,1H3/t15-/m0/s1. The molecule has 2 rings (SSSR count). The Morgan fingerprint density at radius 1 is 1.17 bits per heavy atom. The number of nitrogens with zero attached hydrogens (tertiary/aromatic N) is 3. The van der Waals surface area contributed by atoms with Crippen molar-refractivity contribution in [3.63, 3.8) is 0 Å². The zero-order valence-corrected chi connectivity index (χ0v) is 14.0. The number of hydrogen-bond acceptors (Lipinski definition) is 4. The number of carbonyl (C=O) groups excluding carboxylic acids is 2. The number of carbonyl (C=O) groups is 2. The topological polar surface area (TPSA) is 73.6 Å². The van der Waals surface area contributed by atoms with Crippen molar-refractivity contribution in [1.82, 2.24) is 9.80 Å². The lowest BCUT2D eigenvalue weighted by atomic mass is 9.85. The number of ether oxygens (including phenoxy) is 1. The van der Waals surface area contributed by atoms with Crippen molar-refractivity contribution < 1.29 is 14.3 Å². The molecule has 0 aromatic heterocycles. The molecule has 1 heterocycles. The van der Waals surface area contributed by atoms with Crippen molar-refractivity contribution in [1.29, 1.82) is 5.26 Å². The van der Waals surface area contributed by atoms with Gasteiger partial charge in [0.05, 0.1) is 0 Å². The maximum absolute atomic E-state index is 12.4. The Balaban J connectivity index is 1.98. The van der Waals surface area contributed by atoms with E-state index < -0.39 is 18.1 Å². The lowest BCUT2D eigenvalue weighted by Crippen LogP contribution is -2.43. The van der Waals surface area contributed by atoms with Crippen molar-refractivity contribution in [3.05, 3.63) is 0 Å². The van der Waals surface area contributed by atoms with Crippen LogP contribution in [0.15, 0.2) is 0 Å². The van der Waals surface area contributed by atoms with Crippen LogP contribution in [0, 0.1) is 17.4 Å². The summed E-state index contributed by atoms with van der Waals surface area (Å²) >= 11 is 0. The number of hydrogen-bond donors (Lipinski definition) is 0. The molecule has 6 nitrogen and oxygen atoms in total. The second-order valence-corrected chi connectivity index (χ2v) is 6.66. The highest BCUT2D eigenvalue weighted by Crippen LogP contribution is 2.28. The van der Waals surface area contributed by atoms with E-state index in [1.165, 1.54) is 26.3 Å². The van der Waals surface area contributed by atoms with E-state index in [0.717, 1.165) is 37.0 Å². The fourth-order valence-corrected chi connectivity index (χ4v) is 3.46. The highest BCUT2D eigenvalue weighted by Gasteiger charge is 2.31. The van der Waals surface area contributed by atoms with Gasteiger partial charge in [-0.2, -0.15) is 5.26 Å². The fraction of sp³-hybridized carbons (Fsp3) is 0.824. The van der Waals surface area contributed by atoms with Crippen molar-refractivity contribution in [2.24, 2.45) is 5.92 Å². The fourth-order valence-electron chi connectivity index (χ4n) is 3.46. The number of amides is 2. The predicted molar refractivity (Wildman–Crippen MR) is 85.3 cm³/mol. The number of nitriles is 1. The summed E-state index contributed by atoms with van der Waals surface area (Å²) in [7, 11) is 1.42. The van der Waals surface area contributed by atoms with E-state index in [0.29, 0.717) is 25.4 Å². The lowest BCUT2D eigenvalue weighted by molar-refractivity contribution is -0.137. The average Bonchev–Trinajstić information content (AvgIpc) is 2.61. The van der Waals surface area contributed by atoms with Gasteiger partial charge in [-0.3, -0.25) is 4.79 Å². The lowest BCUT2D eigenvalue weighted by Gasteiger charge is -2.30. The van der Waals surface area contributed by atoms with E-state index >= 15 is 0 Å². The van der Waals surface area contributed by atoms with Crippen LogP contribution in [0.25, 0.3) is 0 Å². The van der Waals surface area contributed by atoms with Crippen LogP contribution in [0.4, 0.5) is 4.79 Å². The van der Waals surface area contributed by atoms with Crippen LogP contribution in [-0.4, -0.2) is 48.0 Å². The van der Waals surface area contributed by atoms with Gasteiger partial charge in [0.25, 0.3) is 5.91 Å². The quantitative estimate of drug-likeness (QED) is 0.589. The maximum atomic E-state index is 12.4. The third kappa shape index (κ3) is 5.12. The molecule has 0 unspecified atom stereocenters. The number of rotatable bonds is 4. The van der Waals surface area contributed by atoms with Crippen LogP contribution in [-0.2, 0) is 9.53 Å². The number of likely N-dealkylation sites (N-methyl/N-ethyl adjacent to an activating group) is 1. The van der Waals surface area contributed by atoms with Gasteiger partial charge >= 0.3 is 6.09 Å². The molecule has 6 heteroatoms. The summed E-state index contributed by atoms with van der Waals surface area (Å²) in [5, 5.41) is 8.95. The molecule has 0 aromatic carbocycles. The molecular weight excluding hydrogens is 294 g/mol. The predicted octanol–water partition coefficient (Wildman–Crippen LogP) is 2.89. The summed E-state index contributed by atoms with van der Waals surface area (Å²) in [4.78, 5) is 27.3. The Morgan fingerprint density at radius 3 is 2.39 bits per heavy atom. The molecule has 0 aromatic rings. The van der Waals surface area contributed by atoms with Crippen LogP contribution >= 0.6 is 0 Å². The molecule has 0 N–H and O–H groups in total. The Hall–Kier alpha value is -1.77. The van der Waals surface area contributed by atoms with E-state index in [2.05, 4.69) is 0 Å². The Labute approximate surface area is 138 Å². The van der Waals surface area contributed by atoms with Gasteiger partial charge in [0.15, 0.2) is 12.3 Å². The first-order valence-corrected chi connectivity index (χ1v) is 8.74. The van der Waals surface area contributed by atoms with Crippen LogP contribution in [0.1, 0.15) is 57.8 Å². The molecule has 0 spiro atoms. The van der Waals surface area contributed by atoms with Crippen LogP contribution in [0.5, 0.6) is 0 Å². The normalized spacial score (nSPS) is 20.4. The Morgan fingerprint density at radius 2 is 1.78 bits per heavy atom. The summed E-state index contributed by atoms with van der Waals surface area (Å²) in [6.45, 7) is 1.38. The van der Waals surface area contributed by atoms with Gasteiger partial charge in [-0.1, -0.05) is 32.1 Å². The second kappa shape index (κ2) is 8.76. The Kier molecular flexibility index (Phi) is 6.69. The van der Waals surface area contributed by atoms with Crippen LogP contribution in [0.3, 0.4) is 0 Å². The summed E-state index contributed by atoms with van der Waals surface area (Å²) in [5.74, 6) is -0.0117. The molecule has 1 aliphatic carbocycles. The minimum atomic E-state index is -0.836. The molecule has 0 bridgehead atoms. The second-order valence-electron chi connectivity index (χ2n) is 6.66. The third-order valence-corrected chi connectivity index (χ3v) is 4.89. The maximum Gasteiger partial charge on any atom is 0.410 e. The monoisotopic (exact) mass is 321 g/mol. The van der Waals surface area contributed by atoms with Gasteiger partial charge in [-0.25, -0.2) is 9.69 Å². The molecule has 2 aliphatic rings. The van der Waals surface area contributed by atoms with Crippen molar-refractivity contribution in [3.8, 4) is 6.19 Å². The van der Waals surface area contributed by atoms with E-state index in [4.69, 9.17) is 10.00 Å². The van der Waals surface area contributed by atoms with Crippen molar-refractivity contribution in [2.45, 2.75) is 63.9 Å². The molecular formula is C17H27N3O3. The molecule has 2 fully saturated rings. The van der Waals surface area contributed by atoms with Gasteiger partial charge in [-0.15, -0.1) is 0 Å². The summed E-state index contributed by atoms with van der Waals surface area (Å²) in [6, 6.07) is 0. The molecule has 23 heavy (non-hydrogen) atoms. The minimum absolute atomic E-state index is 0.402. The van der Waals surface area contributed by atoms with E-state index in [9.17, 15) is 9.59 Å². The Bertz CT molecular complexity index is 448. The number of piperidine rings is 1. The highest BCUT2D eigenvalue weighted by molar-refractivity contribution is 5.84. The number of likely N-dealkylation sites (tertiary alicyclic amines) is 1. The first-order chi connectivity index (χ1) is 11.1. The zero-order chi connectivity index (χ0) is 16.7. The van der Waals surface area contributed by atoms with Crippen LogP contribution < -0.4 is 0 Å². The average molecular weight is 321 g/mol. The molecule has 1 aliphatic heterocycles. The largest absolute Gasteiger partial charge is 0.436 e. The van der Waals surface area contributed by atoms with Crippen molar-refractivity contribution >= 4 is 12.0 Å². The first-order valence-electron chi connectivity index (χ1n) is 8.74. The summed E-state index contributed by atoms with van der Waals surface area (Å²) in [5.41, 5.74) is 0. The molecule has 1 saturated heterocycles. The third-order valence-electron chi connectivity index (χ3n) is 4.89. The van der Waals surface area contributed by atoms with Gasteiger partial charge in [0.1, 0.15) is 0 Å². The van der Waals surface area contributed by atoms with E-state index in [1.54, 1.807) is 4.90 Å². The van der Waals surface area contributed by atoms with Gasteiger partial charge in [0, 0.05) is 20.1 Å². The smallest absolute Gasteiger partial charge is 0.410 e. The van der Waals surface area contributed by atoms with E-state index in [-0.39, 0.29) is 0 Å². The van der Waals surface area contributed by atoms with Gasteiger partial charge in [0.2, 0.25) is 0 Å². The van der Waals surface area contributed by atoms with Gasteiger partial charge in [-0.05, 0) is 31.6 Å². The zero-order valence-electron chi connectivity index (χ0n) is 14.0. The molecule has 1 atom stereocenters. The van der Waals surface area contributed by atoms with Crippen LogP contribution in [0.2, 0.25) is 0 Å². The molecule has 0 radical (unpaired) electrons. The highest BCUT2D eigenvalue weighted by atomic mass is 16.6. The molecule has 1 saturated carbocycles. The summed E-state index contributed by atoms with van der Waals surface area (Å²) in [6.07, 6.45) is 9.90. The van der Waals surface area contributed by atoms with Gasteiger partial charge < -0.3 is 9.64 Å². The SMILES string of the molecule is CN(C#N)C(=O)[C@H](CC1CCCCC1)OC(=O)N1CCCCC1. The first kappa shape index (κ1) is 17.6. The van der Waals surface area contributed by atoms with E-state index in [1.807, 2.05) is 6.19 Å². The molecule has 128 valence electrons. The summed E-state index contributed by atoms with van der Waals surface area (Å²) < 4.78 is 5.52. The molecule has 2 amide bonds. The minimum Gasteiger partial charge on any atom is -0.436 e.